The molecule has 0 N–H and O–H groups in total. The minimum Gasteiger partial charge on any atom is -0.488 e. The topological polar surface area (TPSA) is 67.8 Å². The number of anilines is 1. The van der Waals surface area contributed by atoms with Crippen molar-refractivity contribution in [3.63, 3.8) is 0 Å². The van der Waals surface area contributed by atoms with E-state index in [1.807, 2.05) is 14.0 Å². The molecule has 0 bridgehead atoms. The highest BCUT2D eigenvalue weighted by Gasteiger charge is 2.33. The fourth-order valence-electron chi connectivity index (χ4n) is 5.39. The Labute approximate surface area is 239 Å². The molecule has 1 aliphatic heterocycles. The van der Waals surface area contributed by atoms with E-state index in [1.165, 1.54) is 23.8 Å². The number of methoxy groups -OCH3 is 1. The van der Waals surface area contributed by atoms with Crippen molar-refractivity contribution in [2.24, 2.45) is 0 Å². The van der Waals surface area contributed by atoms with E-state index in [4.69, 9.17) is 19.4 Å². The van der Waals surface area contributed by atoms with Crippen molar-refractivity contribution < 1.29 is 14.3 Å². The average molecular weight is 545 g/mol. The number of hydrogen-bond acceptors (Lipinski definition) is 7. The monoisotopic (exact) mass is 544 g/mol. The molecule has 1 fully saturated rings. The molecule has 3 aromatic rings. The zero-order valence-electron chi connectivity index (χ0n) is 25.4. The summed E-state index contributed by atoms with van der Waals surface area (Å²) in [4.78, 5) is 27.2. The van der Waals surface area contributed by atoms with Crippen LogP contribution in [0.4, 0.5) is 5.82 Å². The summed E-state index contributed by atoms with van der Waals surface area (Å²) >= 11 is 0. The van der Waals surface area contributed by atoms with Gasteiger partial charge in [0.1, 0.15) is 24.2 Å². The average Bonchev–Trinajstić information content (AvgIpc) is 2.96. The van der Waals surface area contributed by atoms with Crippen LogP contribution in [0.5, 0.6) is 5.75 Å². The molecule has 214 valence electrons. The number of hydrogen-bond donors (Lipinski definition) is 0. The van der Waals surface area contributed by atoms with E-state index < -0.39 is 0 Å². The van der Waals surface area contributed by atoms with Crippen molar-refractivity contribution in [3.8, 4) is 17.1 Å². The van der Waals surface area contributed by atoms with Crippen LogP contribution in [-0.4, -0.2) is 60.7 Å². The van der Waals surface area contributed by atoms with E-state index in [9.17, 15) is 4.79 Å². The van der Waals surface area contributed by atoms with Gasteiger partial charge >= 0.3 is 5.97 Å². The summed E-state index contributed by atoms with van der Waals surface area (Å²) in [6, 6.07) is 12.5. The molecule has 0 saturated carbocycles. The molecule has 1 aromatic heterocycles. The van der Waals surface area contributed by atoms with E-state index in [1.54, 1.807) is 0 Å². The number of aryl methyl sites for hydroxylation is 4. The number of rotatable bonds is 9. The highest BCUT2D eigenvalue weighted by molar-refractivity contribution is 5.77. The summed E-state index contributed by atoms with van der Waals surface area (Å²) in [5.41, 5.74) is 7.76. The first kappa shape index (κ1) is 29.5. The van der Waals surface area contributed by atoms with Crippen LogP contribution in [0.2, 0.25) is 0 Å². The van der Waals surface area contributed by atoms with Gasteiger partial charge in [0.2, 0.25) is 0 Å². The summed E-state index contributed by atoms with van der Waals surface area (Å²) in [5, 5.41) is 0. The van der Waals surface area contributed by atoms with Gasteiger partial charge in [0.15, 0.2) is 5.82 Å². The summed E-state index contributed by atoms with van der Waals surface area (Å²) < 4.78 is 11.6. The Kier molecular flexibility index (Phi) is 9.46. The second-order valence-corrected chi connectivity index (χ2v) is 11.0. The number of piperazine rings is 1. The molecule has 2 aromatic carbocycles. The zero-order chi connectivity index (χ0) is 29.0. The Morgan fingerprint density at radius 1 is 1.05 bits per heavy atom. The molecule has 4 rings (SSSR count). The van der Waals surface area contributed by atoms with Gasteiger partial charge in [0.25, 0.3) is 0 Å². The van der Waals surface area contributed by atoms with Crippen LogP contribution < -0.4 is 9.64 Å². The number of carbonyl (C=O) groups excluding carboxylic acids is 1. The highest BCUT2D eigenvalue weighted by Crippen LogP contribution is 2.33. The van der Waals surface area contributed by atoms with Crippen molar-refractivity contribution in [3.05, 3.63) is 69.9 Å². The van der Waals surface area contributed by atoms with Crippen molar-refractivity contribution in [1.82, 2.24) is 14.9 Å². The van der Waals surface area contributed by atoms with Crippen LogP contribution in [0.15, 0.2) is 36.4 Å². The lowest BCUT2D eigenvalue weighted by Crippen LogP contribution is -2.55. The SMILES string of the molecule is CCc1cccc(CC)c1-c1nc(C)c(COc2cc(C(C)C)ccc2C)c(N2CCN(C)C(C(=O)OC)C2)n1. The maximum absolute atomic E-state index is 12.6. The molecule has 1 aliphatic rings. The number of nitrogens with zero attached hydrogens (tertiary/aromatic N) is 4. The molecule has 2 heterocycles. The molecule has 1 atom stereocenters. The van der Waals surface area contributed by atoms with Gasteiger partial charge in [-0.15, -0.1) is 0 Å². The third-order valence-electron chi connectivity index (χ3n) is 8.09. The largest absolute Gasteiger partial charge is 0.488 e. The number of esters is 1. The Morgan fingerprint density at radius 2 is 1.75 bits per heavy atom. The third-order valence-corrected chi connectivity index (χ3v) is 8.09. The molecule has 1 saturated heterocycles. The molecule has 1 unspecified atom stereocenters. The van der Waals surface area contributed by atoms with Crippen LogP contribution in [0.25, 0.3) is 11.4 Å². The lowest BCUT2D eigenvalue weighted by Gasteiger charge is -2.39. The number of aromatic nitrogens is 2. The fraction of sp³-hybridized carbons (Fsp3) is 0.485. The molecule has 7 nitrogen and oxygen atoms in total. The van der Waals surface area contributed by atoms with Gasteiger partial charge in [-0.2, -0.15) is 0 Å². The maximum atomic E-state index is 12.6. The standard InChI is InChI=1S/C33H44N4O3/c1-9-24-12-11-13-25(10-2)30(24)31-34-23(6)27(20-40-29-18-26(21(3)4)15-14-22(29)5)32(35-31)37-17-16-36(7)28(19-37)33(38)39-8/h11-15,18,21,28H,9-10,16-17,19-20H2,1-8H3. The summed E-state index contributed by atoms with van der Waals surface area (Å²) in [7, 11) is 3.41. The lowest BCUT2D eigenvalue weighted by molar-refractivity contribution is -0.146. The second-order valence-electron chi connectivity index (χ2n) is 11.0. The first-order chi connectivity index (χ1) is 19.2. The van der Waals surface area contributed by atoms with Gasteiger partial charge < -0.3 is 14.4 Å². The van der Waals surface area contributed by atoms with Crippen LogP contribution in [0.3, 0.4) is 0 Å². The van der Waals surface area contributed by atoms with Crippen LogP contribution in [0.1, 0.15) is 67.1 Å². The zero-order valence-corrected chi connectivity index (χ0v) is 25.4. The van der Waals surface area contributed by atoms with Crippen molar-refractivity contribution in [2.75, 3.05) is 38.7 Å². The molecule has 0 aliphatic carbocycles. The van der Waals surface area contributed by atoms with E-state index in [2.05, 4.69) is 80.8 Å². The van der Waals surface area contributed by atoms with Gasteiger partial charge in [-0.25, -0.2) is 9.97 Å². The van der Waals surface area contributed by atoms with Gasteiger partial charge in [0.05, 0.1) is 18.4 Å². The highest BCUT2D eigenvalue weighted by atomic mass is 16.5. The molecule has 40 heavy (non-hydrogen) atoms. The van der Waals surface area contributed by atoms with E-state index in [0.717, 1.165) is 65.7 Å². The summed E-state index contributed by atoms with van der Waals surface area (Å²) in [6.45, 7) is 15.1. The molecule has 0 radical (unpaired) electrons. The first-order valence-electron chi connectivity index (χ1n) is 14.4. The molecular formula is C33H44N4O3. The summed E-state index contributed by atoms with van der Waals surface area (Å²) in [6.07, 6.45) is 1.80. The van der Waals surface area contributed by atoms with E-state index >= 15 is 0 Å². The third kappa shape index (κ3) is 6.15. The van der Waals surface area contributed by atoms with Crippen LogP contribution in [0, 0.1) is 13.8 Å². The Morgan fingerprint density at radius 3 is 2.38 bits per heavy atom. The first-order valence-corrected chi connectivity index (χ1v) is 14.4. The minimum atomic E-state index is -0.370. The van der Waals surface area contributed by atoms with Gasteiger partial charge in [-0.1, -0.05) is 58.0 Å². The number of benzene rings is 2. The van der Waals surface area contributed by atoms with Gasteiger partial charge in [0, 0.05) is 25.2 Å². The minimum absolute atomic E-state index is 0.235. The number of ether oxygens (including phenoxy) is 2. The van der Waals surface area contributed by atoms with E-state index in [-0.39, 0.29) is 12.0 Å². The molecular weight excluding hydrogens is 500 g/mol. The second kappa shape index (κ2) is 12.8. The Balaban J connectivity index is 1.81. The van der Waals surface area contributed by atoms with Crippen LogP contribution >= 0.6 is 0 Å². The van der Waals surface area contributed by atoms with Crippen LogP contribution in [-0.2, 0) is 29.0 Å². The smallest absolute Gasteiger partial charge is 0.324 e. The number of likely N-dealkylation sites (N-methyl/N-ethyl adjacent to an activating group) is 1. The summed E-state index contributed by atoms with van der Waals surface area (Å²) in [5.74, 6) is 2.61. The predicted molar refractivity (Wildman–Crippen MR) is 161 cm³/mol. The Bertz CT molecular complexity index is 1330. The van der Waals surface area contributed by atoms with Crippen molar-refractivity contribution in [2.45, 2.75) is 73.0 Å². The molecule has 0 spiro atoms. The Hall–Kier alpha value is -3.45. The molecule has 0 amide bonds. The normalized spacial score (nSPS) is 15.9. The van der Waals surface area contributed by atoms with Gasteiger partial charge in [-0.05, 0) is 68.0 Å². The van der Waals surface area contributed by atoms with Gasteiger partial charge in [-0.3, -0.25) is 9.69 Å². The molecule has 7 heteroatoms. The predicted octanol–water partition coefficient (Wildman–Crippen LogP) is 5.88. The maximum Gasteiger partial charge on any atom is 0.324 e. The number of carbonyl (C=O) groups is 1. The van der Waals surface area contributed by atoms with Crippen molar-refractivity contribution >= 4 is 11.8 Å². The van der Waals surface area contributed by atoms with E-state index in [0.29, 0.717) is 19.1 Å². The lowest BCUT2D eigenvalue weighted by atomic mass is 9.96. The van der Waals surface area contributed by atoms with Crippen molar-refractivity contribution in [1.29, 1.82) is 0 Å². The fourth-order valence-corrected chi connectivity index (χ4v) is 5.39. The quantitative estimate of drug-likeness (QED) is 0.312.